The Morgan fingerprint density at radius 2 is 1.72 bits per heavy atom. The van der Waals surface area contributed by atoms with Crippen LogP contribution in [0.15, 0.2) is 54.7 Å². The van der Waals surface area contributed by atoms with Crippen LogP contribution in [0.1, 0.15) is 16.8 Å². The maximum atomic E-state index is 13.9. The van der Waals surface area contributed by atoms with Crippen LogP contribution in [0.2, 0.25) is 10.0 Å². The van der Waals surface area contributed by atoms with Crippen molar-refractivity contribution < 1.29 is 9.13 Å². The molecule has 0 aliphatic carbocycles. The maximum Gasteiger partial charge on any atom is 0.317 e. The highest BCUT2D eigenvalue weighted by Gasteiger charge is 2.09. The Balaban J connectivity index is 1.65. The molecule has 3 nitrogen and oxygen atoms in total. The molecule has 6 heteroatoms. The van der Waals surface area contributed by atoms with Crippen molar-refractivity contribution >= 4 is 23.2 Å². The Morgan fingerprint density at radius 1 is 0.960 bits per heavy atom. The Labute approximate surface area is 155 Å². The summed E-state index contributed by atoms with van der Waals surface area (Å²) in [5.74, 6) is -0.445. The second-order valence-corrected chi connectivity index (χ2v) is 6.30. The van der Waals surface area contributed by atoms with Gasteiger partial charge in [-0.05, 0) is 36.6 Å². The van der Waals surface area contributed by atoms with Crippen molar-refractivity contribution in [1.82, 2.24) is 9.97 Å². The molecule has 25 heavy (non-hydrogen) atoms. The predicted molar refractivity (Wildman–Crippen MR) is 96.6 cm³/mol. The molecule has 0 radical (unpaired) electrons. The summed E-state index contributed by atoms with van der Waals surface area (Å²) in [6.45, 7) is 0.224. The summed E-state index contributed by atoms with van der Waals surface area (Å²) in [6.07, 6.45) is 2.22. The Hall–Kier alpha value is -2.17. The van der Waals surface area contributed by atoms with E-state index in [9.17, 15) is 4.39 Å². The van der Waals surface area contributed by atoms with Crippen LogP contribution in [0.5, 0.6) is 6.01 Å². The molecule has 3 aromatic rings. The number of aryl methyl sites for hydroxylation is 2. The summed E-state index contributed by atoms with van der Waals surface area (Å²) in [7, 11) is 0. The van der Waals surface area contributed by atoms with Crippen LogP contribution in [0.4, 0.5) is 4.39 Å². The average molecular weight is 377 g/mol. The fourth-order valence-electron chi connectivity index (χ4n) is 2.30. The van der Waals surface area contributed by atoms with Crippen molar-refractivity contribution in [2.45, 2.75) is 19.4 Å². The summed E-state index contributed by atoms with van der Waals surface area (Å²) in [5, 5.41) is 1.28. The summed E-state index contributed by atoms with van der Waals surface area (Å²) >= 11 is 12.0. The number of rotatable bonds is 6. The van der Waals surface area contributed by atoms with Gasteiger partial charge >= 0.3 is 6.01 Å². The topological polar surface area (TPSA) is 35.0 Å². The first-order chi connectivity index (χ1) is 12.1. The van der Waals surface area contributed by atoms with Gasteiger partial charge < -0.3 is 4.74 Å². The molecule has 128 valence electrons. The van der Waals surface area contributed by atoms with Crippen molar-refractivity contribution in [1.29, 1.82) is 0 Å². The second-order valence-electron chi connectivity index (χ2n) is 5.45. The fraction of sp³-hybridized carbons (Fsp3) is 0.158. The molecule has 0 N–H and O–H groups in total. The molecule has 3 rings (SSSR count). The molecule has 0 fully saturated rings. The van der Waals surface area contributed by atoms with Crippen LogP contribution >= 0.6 is 23.2 Å². The number of benzene rings is 2. The minimum Gasteiger partial charge on any atom is -0.459 e. The lowest BCUT2D eigenvalue weighted by Gasteiger charge is -2.08. The number of hydrogen-bond donors (Lipinski definition) is 0. The molecule has 0 bridgehead atoms. The number of aromatic nitrogens is 2. The molecule has 0 saturated heterocycles. The smallest absolute Gasteiger partial charge is 0.317 e. The highest BCUT2D eigenvalue weighted by Crippen LogP contribution is 2.18. The Bertz CT molecular complexity index is 856. The lowest BCUT2D eigenvalue weighted by molar-refractivity contribution is 0.278. The van der Waals surface area contributed by atoms with E-state index in [0.29, 0.717) is 28.6 Å². The zero-order chi connectivity index (χ0) is 17.6. The number of nitrogens with zero attached hydrogens (tertiary/aromatic N) is 2. The average Bonchev–Trinajstić information content (AvgIpc) is 2.62. The van der Waals surface area contributed by atoms with Gasteiger partial charge in [0.15, 0.2) is 5.82 Å². The maximum absolute atomic E-state index is 13.9. The SMILES string of the molecule is Fc1cnc(OCc2ccccc2Cl)nc1CCc1ccc(Cl)cc1. The van der Waals surface area contributed by atoms with Crippen LogP contribution in [-0.2, 0) is 19.4 Å². The zero-order valence-electron chi connectivity index (χ0n) is 13.3. The fourth-order valence-corrected chi connectivity index (χ4v) is 2.62. The summed E-state index contributed by atoms with van der Waals surface area (Å²) in [4.78, 5) is 8.05. The summed E-state index contributed by atoms with van der Waals surface area (Å²) < 4.78 is 19.5. The highest BCUT2D eigenvalue weighted by atomic mass is 35.5. The van der Waals surface area contributed by atoms with Crippen LogP contribution in [0.25, 0.3) is 0 Å². The minimum absolute atomic E-state index is 0.132. The highest BCUT2D eigenvalue weighted by molar-refractivity contribution is 6.31. The van der Waals surface area contributed by atoms with Crippen LogP contribution in [-0.4, -0.2) is 9.97 Å². The quantitative estimate of drug-likeness (QED) is 0.586. The van der Waals surface area contributed by atoms with E-state index < -0.39 is 5.82 Å². The molecule has 0 amide bonds. The number of hydrogen-bond acceptors (Lipinski definition) is 3. The van der Waals surface area contributed by atoms with Gasteiger partial charge in [0.05, 0.1) is 11.9 Å². The van der Waals surface area contributed by atoms with E-state index in [1.165, 1.54) is 0 Å². The van der Waals surface area contributed by atoms with Gasteiger partial charge in [-0.3, -0.25) is 0 Å². The molecule has 0 saturated carbocycles. The van der Waals surface area contributed by atoms with Crippen molar-refractivity contribution in [3.63, 3.8) is 0 Å². The van der Waals surface area contributed by atoms with E-state index in [1.807, 2.05) is 42.5 Å². The lowest BCUT2D eigenvalue weighted by atomic mass is 10.1. The zero-order valence-corrected chi connectivity index (χ0v) is 14.8. The molecular weight excluding hydrogens is 362 g/mol. The van der Waals surface area contributed by atoms with E-state index in [2.05, 4.69) is 9.97 Å². The third-order valence-electron chi connectivity index (χ3n) is 3.67. The van der Waals surface area contributed by atoms with Gasteiger partial charge in [0.1, 0.15) is 6.61 Å². The number of ether oxygens (including phenoxy) is 1. The Kier molecular flexibility index (Phi) is 5.84. The van der Waals surface area contributed by atoms with E-state index in [1.54, 1.807) is 6.07 Å². The van der Waals surface area contributed by atoms with E-state index in [-0.39, 0.29) is 12.6 Å². The van der Waals surface area contributed by atoms with E-state index >= 15 is 0 Å². The first-order valence-corrected chi connectivity index (χ1v) is 8.49. The van der Waals surface area contributed by atoms with Gasteiger partial charge in [-0.25, -0.2) is 9.37 Å². The lowest BCUT2D eigenvalue weighted by Crippen LogP contribution is -2.05. The third-order valence-corrected chi connectivity index (χ3v) is 4.29. The predicted octanol–water partition coefficient (Wildman–Crippen LogP) is 5.29. The van der Waals surface area contributed by atoms with Crippen LogP contribution in [0.3, 0.4) is 0 Å². The standard InChI is InChI=1S/C19H15Cl2FN2O/c20-15-8-5-13(6-9-15)7-10-18-17(22)11-23-19(24-18)25-12-14-3-1-2-4-16(14)21/h1-6,8-9,11H,7,10,12H2. The summed E-state index contributed by atoms with van der Waals surface area (Å²) in [6, 6.07) is 14.9. The monoisotopic (exact) mass is 376 g/mol. The van der Waals surface area contributed by atoms with Crippen molar-refractivity contribution in [3.8, 4) is 6.01 Å². The molecule has 0 aliphatic rings. The van der Waals surface area contributed by atoms with Gasteiger partial charge in [-0.1, -0.05) is 53.5 Å². The van der Waals surface area contributed by atoms with Gasteiger partial charge in [0.25, 0.3) is 0 Å². The molecule has 0 aliphatic heterocycles. The largest absolute Gasteiger partial charge is 0.459 e. The first kappa shape index (κ1) is 17.6. The molecule has 1 aromatic heterocycles. The molecule has 2 aromatic carbocycles. The van der Waals surface area contributed by atoms with E-state index in [0.717, 1.165) is 17.3 Å². The molecular formula is C19H15Cl2FN2O. The minimum atomic E-state index is -0.445. The molecule has 0 unspecified atom stereocenters. The van der Waals surface area contributed by atoms with Crippen molar-refractivity contribution in [2.24, 2.45) is 0 Å². The molecule has 1 heterocycles. The van der Waals surface area contributed by atoms with Crippen molar-refractivity contribution in [2.75, 3.05) is 0 Å². The van der Waals surface area contributed by atoms with Gasteiger partial charge in [-0.15, -0.1) is 0 Å². The Morgan fingerprint density at radius 3 is 2.48 bits per heavy atom. The van der Waals surface area contributed by atoms with Crippen LogP contribution in [0, 0.1) is 5.82 Å². The second kappa shape index (κ2) is 8.28. The van der Waals surface area contributed by atoms with Crippen molar-refractivity contribution in [3.05, 3.63) is 87.4 Å². The number of halogens is 3. The van der Waals surface area contributed by atoms with E-state index in [4.69, 9.17) is 27.9 Å². The molecule has 0 atom stereocenters. The van der Waals surface area contributed by atoms with Gasteiger partial charge in [-0.2, -0.15) is 4.98 Å². The van der Waals surface area contributed by atoms with Gasteiger partial charge in [0, 0.05) is 15.6 Å². The van der Waals surface area contributed by atoms with Crippen LogP contribution < -0.4 is 4.74 Å². The molecule has 0 spiro atoms. The first-order valence-electron chi connectivity index (χ1n) is 7.74. The van der Waals surface area contributed by atoms with Gasteiger partial charge in [0.2, 0.25) is 0 Å². The summed E-state index contributed by atoms with van der Waals surface area (Å²) in [5.41, 5.74) is 2.19. The third kappa shape index (κ3) is 4.91. The normalized spacial score (nSPS) is 10.7.